The highest BCUT2D eigenvalue weighted by Crippen LogP contribution is 2.31. The summed E-state index contributed by atoms with van der Waals surface area (Å²) in [5, 5.41) is 16.5. The molecule has 2 aromatic carbocycles. The predicted octanol–water partition coefficient (Wildman–Crippen LogP) is 5.37. The highest BCUT2D eigenvalue weighted by molar-refractivity contribution is 7.13. The lowest BCUT2D eigenvalue weighted by atomic mass is 9.95. The summed E-state index contributed by atoms with van der Waals surface area (Å²) >= 11 is 1.43. The van der Waals surface area contributed by atoms with Crippen molar-refractivity contribution in [1.82, 2.24) is 4.98 Å². The Kier molecular flexibility index (Phi) is 5.05. The van der Waals surface area contributed by atoms with Crippen LogP contribution in [-0.2, 0) is 4.79 Å². The summed E-state index contributed by atoms with van der Waals surface area (Å²) in [6.07, 6.45) is 0. The smallest absolute Gasteiger partial charge is 0.270 e. The van der Waals surface area contributed by atoms with Gasteiger partial charge in [0.15, 0.2) is 0 Å². The average Bonchev–Trinajstić information content (AvgIpc) is 3.12. The minimum Gasteiger partial charge on any atom is -0.326 e. The number of benzene rings is 2. The molecular weight excluding hydrogens is 362 g/mol. The van der Waals surface area contributed by atoms with Crippen LogP contribution in [0.25, 0.3) is 21.8 Å². The van der Waals surface area contributed by atoms with Crippen LogP contribution >= 0.6 is 11.3 Å². The molecule has 0 aliphatic rings. The van der Waals surface area contributed by atoms with E-state index in [1.54, 1.807) is 12.1 Å². The third-order valence-corrected chi connectivity index (χ3v) is 4.82. The lowest BCUT2D eigenvalue weighted by Crippen LogP contribution is -2.27. The molecule has 1 amide bonds. The van der Waals surface area contributed by atoms with Crippen molar-refractivity contribution >= 4 is 28.6 Å². The molecule has 3 rings (SSSR count). The van der Waals surface area contributed by atoms with E-state index >= 15 is 0 Å². The lowest BCUT2D eigenvalue weighted by molar-refractivity contribution is -0.384. The van der Waals surface area contributed by atoms with Crippen molar-refractivity contribution in [3.63, 3.8) is 0 Å². The molecule has 0 spiro atoms. The van der Waals surface area contributed by atoms with Crippen LogP contribution in [0.2, 0.25) is 0 Å². The van der Waals surface area contributed by atoms with Crippen LogP contribution in [0.1, 0.15) is 20.8 Å². The number of amides is 1. The number of non-ortho nitro benzene ring substituents is 1. The number of nitro groups is 1. The number of nitrogens with zero attached hydrogens (tertiary/aromatic N) is 2. The van der Waals surface area contributed by atoms with Crippen molar-refractivity contribution in [3.05, 3.63) is 64.0 Å². The molecule has 1 N–H and O–H groups in total. The molecule has 0 aliphatic heterocycles. The van der Waals surface area contributed by atoms with Gasteiger partial charge >= 0.3 is 0 Å². The first-order valence-corrected chi connectivity index (χ1v) is 9.24. The average molecular weight is 381 g/mol. The number of nitrogens with one attached hydrogen (secondary N) is 1. The first kappa shape index (κ1) is 18.7. The molecule has 0 atom stereocenters. The van der Waals surface area contributed by atoms with E-state index in [1.807, 2.05) is 50.4 Å². The highest BCUT2D eigenvalue weighted by atomic mass is 32.1. The molecule has 138 valence electrons. The fourth-order valence-electron chi connectivity index (χ4n) is 2.33. The molecule has 1 aromatic heterocycles. The third kappa shape index (κ3) is 4.38. The molecule has 1 heterocycles. The minimum absolute atomic E-state index is 0.0446. The van der Waals surface area contributed by atoms with Crippen molar-refractivity contribution in [1.29, 1.82) is 0 Å². The van der Waals surface area contributed by atoms with Gasteiger partial charge in [-0.05, 0) is 12.1 Å². The van der Waals surface area contributed by atoms with Crippen LogP contribution in [0, 0.1) is 15.5 Å². The van der Waals surface area contributed by atoms with Gasteiger partial charge in [0.25, 0.3) is 5.69 Å². The zero-order chi connectivity index (χ0) is 19.6. The fourth-order valence-corrected chi connectivity index (χ4v) is 3.16. The van der Waals surface area contributed by atoms with Crippen molar-refractivity contribution in [2.24, 2.45) is 5.41 Å². The summed E-state index contributed by atoms with van der Waals surface area (Å²) in [6, 6.07) is 13.9. The molecule has 27 heavy (non-hydrogen) atoms. The Morgan fingerprint density at radius 3 is 2.44 bits per heavy atom. The first-order valence-electron chi connectivity index (χ1n) is 8.36. The van der Waals surface area contributed by atoms with Gasteiger partial charge in [-0.3, -0.25) is 14.9 Å². The summed E-state index contributed by atoms with van der Waals surface area (Å²) < 4.78 is 0. The zero-order valence-corrected chi connectivity index (χ0v) is 16.0. The molecule has 0 aliphatic carbocycles. The Morgan fingerprint density at radius 2 is 1.81 bits per heavy atom. The van der Waals surface area contributed by atoms with Gasteiger partial charge < -0.3 is 5.32 Å². The molecule has 3 aromatic rings. The van der Waals surface area contributed by atoms with Gasteiger partial charge in [0.1, 0.15) is 5.01 Å². The highest BCUT2D eigenvalue weighted by Gasteiger charge is 2.21. The Balaban J connectivity index is 1.80. The van der Waals surface area contributed by atoms with E-state index in [2.05, 4.69) is 10.3 Å². The van der Waals surface area contributed by atoms with Crippen LogP contribution in [0.3, 0.4) is 0 Å². The number of carbonyl (C=O) groups excluding carboxylic acids is 1. The maximum atomic E-state index is 12.1. The number of anilines is 1. The zero-order valence-electron chi connectivity index (χ0n) is 15.2. The van der Waals surface area contributed by atoms with Crippen molar-refractivity contribution in [2.75, 3.05) is 5.32 Å². The Hall–Kier alpha value is -3.06. The van der Waals surface area contributed by atoms with E-state index in [0.29, 0.717) is 0 Å². The van der Waals surface area contributed by atoms with Gasteiger partial charge in [-0.15, -0.1) is 11.3 Å². The maximum absolute atomic E-state index is 12.1. The Morgan fingerprint density at radius 1 is 1.11 bits per heavy atom. The number of nitro benzene ring substituents is 1. The molecule has 0 fully saturated rings. The predicted molar refractivity (Wildman–Crippen MR) is 108 cm³/mol. The second-order valence-electron chi connectivity index (χ2n) is 7.13. The van der Waals surface area contributed by atoms with Crippen molar-refractivity contribution in [3.8, 4) is 21.8 Å². The van der Waals surface area contributed by atoms with E-state index in [4.69, 9.17) is 0 Å². The van der Waals surface area contributed by atoms with E-state index in [9.17, 15) is 14.9 Å². The lowest BCUT2D eigenvalue weighted by Gasteiger charge is -2.17. The fraction of sp³-hybridized carbons (Fsp3) is 0.200. The molecule has 0 saturated carbocycles. The van der Waals surface area contributed by atoms with Gasteiger partial charge in [0, 0.05) is 39.7 Å². The second-order valence-corrected chi connectivity index (χ2v) is 7.98. The summed E-state index contributed by atoms with van der Waals surface area (Å²) in [7, 11) is 0. The number of rotatable bonds is 4. The molecule has 0 unspecified atom stereocenters. The molecule has 0 radical (unpaired) electrons. The summed E-state index contributed by atoms with van der Waals surface area (Å²) in [5.74, 6) is -0.0446. The normalized spacial score (nSPS) is 11.2. The van der Waals surface area contributed by atoms with E-state index in [0.717, 1.165) is 27.5 Å². The maximum Gasteiger partial charge on any atom is 0.270 e. The van der Waals surface area contributed by atoms with E-state index in [-0.39, 0.29) is 11.6 Å². The standard InChI is InChI=1S/C20H19N3O3S/c1-20(2,3)19(24)21-15-9-7-13(8-10-15)17-12-27-18(22-17)14-5-4-6-16(11-14)23(25)26/h4-12H,1-3H3,(H,21,24). The number of thiazole rings is 1. The largest absolute Gasteiger partial charge is 0.326 e. The Labute approximate surface area is 161 Å². The molecule has 6 nitrogen and oxygen atoms in total. The first-order chi connectivity index (χ1) is 12.7. The quantitative estimate of drug-likeness (QED) is 0.486. The van der Waals surface area contributed by atoms with Gasteiger partial charge in [0.2, 0.25) is 5.91 Å². The number of hydrogen-bond acceptors (Lipinski definition) is 5. The van der Waals surface area contributed by atoms with E-state index in [1.165, 1.54) is 23.5 Å². The van der Waals surface area contributed by atoms with Gasteiger partial charge in [-0.2, -0.15) is 0 Å². The molecular formula is C20H19N3O3S. The molecule has 7 heteroatoms. The topological polar surface area (TPSA) is 85.1 Å². The van der Waals surface area contributed by atoms with Gasteiger partial charge in [0.05, 0.1) is 10.6 Å². The molecule has 0 saturated heterocycles. The van der Waals surface area contributed by atoms with E-state index < -0.39 is 10.3 Å². The second kappa shape index (κ2) is 7.28. The number of hydrogen-bond donors (Lipinski definition) is 1. The SMILES string of the molecule is CC(C)(C)C(=O)Nc1ccc(-c2csc(-c3cccc([N+](=O)[O-])c3)n2)cc1. The van der Waals surface area contributed by atoms with Crippen LogP contribution < -0.4 is 5.32 Å². The van der Waals surface area contributed by atoms with Crippen LogP contribution in [0.15, 0.2) is 53.9 Å². The minimum atomic E-state index is -0.458. The van der Waals surface area contributed by atoms with Crippen LogP contribution in [-0.4, -0.2) is 15.8 Å². The van der Waals surface area contributed by atoms with Crippen molar-refractivity contribution < 1.29 is 9.72 Å². The van der Waals surface area contributed by atoms with Gasteiger partial charge in [-0.1, -0.05) is 45.0 Å². The van der Waals surface area contributed by atoms with Gasteiger partial charge in [-0.25, -0.2) is 4.98 Å². The monoisotopic (exact) mass is 381 g/mol. The summed E-state index contributed by atoms with van der Waals surface area (Å²) in [6.45, 7) is 5.59. The Bertz CT molecular complexity index is 988. The number of aromatic nitrogens is 1. The summed E-state index contributed by atoms with van der Waals surface area (Å²) in [5.41, 5.74) is 2.73. The van der Waals surface area contributed by atoms with Crippen LogP contribution in [0.4, 0.5) is 11.4 Å². The third-order valence-electron chi connectivity index (χ3n) is 3.93. The van der Waals surface area contributed by atoms with Crippen LogP contribution in [0.5, 0.6) is 0 Å². The molecule has 0 bridgehead atoms. The van der Waals surface area contributed by atoms with Crippen molar-refractivity contribution in [2.45, 2.75) is 20.8 Å². The summed E-state index contributed by atoms with van der Waals surface area (Å²) in [4.78, 5) is 27.2. The number of carbonyl (C=O) groups is 1.